The van der Waals surface area contributed by atoms with Gasteiger partial charge in [0.05, 0.1) is 11.2 Å². The lowest BCUT2D eigenvalue weighted by Crippen LogP contribution is -1.90. The third kappa shape index (κ3) is 3.88. The number of benzene rings is 7. The average Bonchev–Trinajstić information content (AvgIpc) is 3.47. The summed E-state index contributed by atoms with van der Waals surface area (Å²) in [5.74, 6) is 0. The minimum absolute atomic E-state index is 0.989. The van der Waals surface area contributed by atoms with Crippen molar-refractivity contribution in [2.24, 2.45) is 0 Å². The number of hydrogen-bond acceptors (Lipinski definition) is 2. The Kier molecular flexibility index (Phi) is 5.44. The highest BCUT2D eigenvalue weighted by molar-refractivity contribution is 7.26. The Balaban J connectivity index is 1.22. The summed E-state index contributed by atoms with van der Waals surface area (Å²) in [7, 11) is 0. The molecule has 0 spiro atoms. The monoisotopic (exact) mass is 563 g/mol. The second-order valence-electron chi connectivity index (χ2n) is 11.1. The summed E-state index contributed by atoms with van der Waals surface area (Å²) in [4.78, 5) is 5.34. The van der Waals surface area contributed by atoms with Crippen molar-refractivity contribution in [2.75, 3.05) is 0 Å². The van der Waals surface area contributed by atoms with Gasteiger partial charge in [-0.2, -0.15) is 0 Å². The van der Waals surface area contributed by atoms with Gasteiger partial charge < -0.3 is 0 Å². The van der Waals surface area contributed by atoms with Crippen molar-refractivity contribution < 1.29 is 0 Å². The summed E-state index contributed by atoms with van der Waals surface area (Å²) in [6, 6.07) is 54.8. The first kappa shape index (κ1) is 24.3. The van der Waals surface area contributed by atoms with Crippen LogP contribution in [0.1, 0.15) is 0 Å². The van der Waals surface area contributed by atoms with Crippen molar-refractivity contribution >= 4 is 64.0 Å². The molecular weight excluding hydrogens is 539 g/mol. The molecule has 0 aliphatic heterocycles. The molecule has 0 fully saturated rings. The average molecular weight is 564 g/mol. The maximum Gasteiger partial charge on any atom is 0.0794 e. The normalized spacial score (nSPS) is 11.7. The van der Waals surface area contributed by atoms with Crippen molar-refractivity contribution in [1.29, 1.82) is 0 Å². The minimum Gasteiger partial charge on any atom is -0.247 e. The molecule has 2 aromatic heterocycles. The Morgan fingerprint density at radius 1 is 0.372 bits per heavy atom. The van der Waals surface area contributed by atoms with Gasteiger partial charge in [-0.15, -0.1) is 11.3 Å². The van der Waals surface area contributed by atoms with Crippen LogP contribution in [0.3, 0.4) is 0 Å². The lowest BCUT2D eigenvalue weighted by atomic mass is 9.93. The summed E-state index contributed by atoms with van der Waals surface area (Å²) in [6.45, 7) is 0. The van der Waals surface area contributed by atoms with E-state index in [1.807, 2.05) is 11.3 Å². The van der Waals surface area contributed by atoms with Gasteiger partial charge in [0.1, 0.15) is 0 Å². The minimum atomic E-state index is 0.989. The molecule has 2 heterocycles. The number of rotatable bonds is 3. The van der Waals surface area contributed by atoms with Crippen LogP contribution in [0.5, 0.6) is 0 Å². The molecule has 0 aliphatic rings. The second-order valence-corrected chi connectivity index (χ2v) is 12.2. The number of thiophene rings is 1. The van der Waals surface area contributed by atoms with Gasteiger partial charge in [-0.25, -0.2) is 4.98 Å². The quantitative estimate of drug-likeness (QED) is 0.195. The van der Waals surface area contributed by atoms with Crippen molar-refractivity contribution in [3.63, 3.8) is 0 Å². The van der Waals surface area contributed by atoms with Gasteiger partial charge in [0.2, 0.25) is 0 Å². The predicted octanol–water partition coefficient (Wildman–Crippen LogP) is 11.9. The van der Waals surface area contributed by atoms with Gasteiger partial charge in [-0.3, -0.25) is 0 Å². The zero-order valence-corrected chi connectivity index (χ0v) is 24.1. The summed E-state index contributed by atoms with van der Waals surface area (Å²) < 4.78 is 2.66. The summed E-state index contributed by atoms with van der Waals surface area (Å²) in [5, 5.41) is 8.74. The van der Waals surface area contributed by atoms with Crippen LogP contribution < -0.4 is 0 Å². The smallest absolute Gasteiger partial charge is 0.0794 e. The van der Waals surface area contributed by atoms with Crippen LogP contribution in [-0.2, 0) is 0 Å². The van der Waals surface area contributed by atoms with Crippen molar-refractivity contribution in [3.05, 3.63) is 152 Å². The molecule has 0 saturated heterocycles. The number of nitrogens with zero attached hydrogens (tertiary/aromatic N) is 1. The Labute approximate surface area is 253 Å². The van der Waals surface area contributed by atoms with Crippen LogP contribution >= 0.6 is 11.3 Å². The third-order valence-electron chi connectivity index (χ3n) is 8.66. The fourth-order valence-electron chi connectivity index (χ4n) is 6.60. The summed E-state index contributed by atoms with van der Waals surface area (Å²) in [6.07, 6.45) is 0. The highest BCUT2D eigenvalue weighted by Gasteiger charge is 2.14. The highest BCUT2D eigenvalue weighted by atomic mass is 32.1. The van der Waals surface area contributed by atoms with Crippen LogP contribution in [0, 0.1) is 0 Å². The largest absolute Gasteiger partial charge is 0.247 e. The van der Waals surface area contributed by atoms with Gasteiger partial charge in [-0.1, -0.05) is 121 Å². The van der Waals surface area contributed by atoms with E-state index >= 15 is 0 Å². The van der Waals surface area contributed by atoms with E-state index in [4.69, 9.17) is 4.98 Å². The fraction of sp³-hybridized carbons (Fsp3) is 0. The molecule has 0 atom stereocenters. The third-order valence-corrected chi connectivity index (χ3v) is 9.88. The summed E-state index contributed by atoms with van der Waals surface area (Å²) >= 11 is 1.87. The molecule has 0 amide bonds. The van der Waals surface area contributed by atoms with E-state index in [-0.39, 0.29) is 0 Å². The van der Waals surface area contributed by atoms with Crippen molar-refractivity contribution in [2.45, 2.75) is 0 Å². The van der Waals surface area contributed by atoms with Crippen LogP contribution in [0.25, 0.3) is 86.1 Å². The summed E-state index contributed by atoms with van der Waals surface area (Å²) in [5.41, 5.74) is 8.11. The molecule has 9 rings (SSSR count). The van der Waals surface area contributed by atoms with E-state index in [1.165, 1.54) is 69.4 Å². The van der Waals surface area contributed by atoms with E-state index in [9.17, 15) is 0 Å². The molecule has 0 unspecified atom stereocenters. The molecule has 2 heteroatoms. The molecular formula is C41H25NS. The van der Waals surface area contributed by atoms with Crippen molar-refractivity contribution in [3.8, 4) is 33.5 Å². The lowest BCUT2D eigenvalue weighted by molar-refractivity contribution is 1.41. The van der Waals surface area contributed by atoms with Crippen molar-refractivity contribution in [1.82, 2.24) is 4.98 Å². The number of aromatic nitrogens is 1. The van der Waals surface area contributed by atoms with Crippen LogP contribution in [0.2, 0.25) is 0 Å². The van der Waals surface area contributed by atoms with Gasteiger partial charge in [0, 0.05) is 36.5 Å². The first-order valence-electron chi connectivity index (χ1n) is 14.6. The Morgan fingerprint density at radius 3 is 1.93 bits per heavy atom. The number of hydrogen-bond donors (Lipinski definition) is 0. The molecule has 0 radical (unpaired) electrons. The second kappa shape index (κ2) is 9.62. The maximum absolute atomic E-state index is 5.34. The molecule has 43 heavy (non-hydrogen) atoms. The van der Waals surface area contributed by atoms with Crippen LogP contribution in [-0.4, -0.2) is 4.98 Å². The highest BCUT2D eigenvalue weighted by Crippen LogP contribution is 2.41. The van der Waals surface area contributed by atoms with Gasteiger partial charge in [-0.05, 0) is 68.7 Å². The first-order valence-corrected chi connectivity index (χ1v) is 15.5. The number of fused-ring (bicyclic) bond motifs is 9. The molecule has 0 bridgehead atoms. The van der Waals surface area contributed by atoms with E-state index < -0.39 is 0 Å². The topological polar surface area (TPSA) is 12.9 Å². The molecule has 0 aliphatic carbocycles. The predicted molar refractivity (Wildman–Crippen MR) is 186 cm³/mol. The Hall–Kier alpha value is -5.31. The zero-order chi connectivity index (χ0) is 28.3. The molecule has 0 N–H and O–H groups in total. The van der Waals surface area contributed by atoms with E-state index in [0.717, 1.165) is 16.8 Å². The Bertz CT molecular complexity index is 2490. The maximum atomic E-state index is 5.34. The lowest BCUT2D eigenvalue weighted by Gasteiger charge is -2.13. The molecule has 200 valence electrons. The van der Waals surface area contributed by atoms with E-state index in [2.05, 4.69) is 152 Å². The van der Waals surface area contributed by atoms with Gasteiger partial charge >= 0.3 is 0 Å². The van der Waals surface area contributed by atoms with E-state index in [1.54, 1.807) is 0 Å². The standard InChI is InChI=1S/C41H25NS/c1-2-10-26(11-3-1)27-20-21-32-35-22-23-38(42-40(35)34-16-5-4-14-31(34)37(32)25-27)29-13-8-12-28(24-29)30-17-9-18-36-33-15-6-7-19-39(33)43-41(30)36/h1-25H. The molecule has 7 aromatic carbocycles. The van der Waals surface area contributed by atoms with Gasteiger partial charge in [0.15, 0.2) is 0 Å². The zero-order valence-electron chi connectivity index (χ0n) is 23.3. The van der Waals surface area contributed by atoms with Crippen LogP contribution in [0.4, 0.5) is 0 Å². The van der Waals surface area contributed by atoms with Crippen LogP contribution in [0.15, 0.2) is 152 Å². The fourth-order valence-corrected chi connectivity index (χ4v) is 7.84. The number of pyridine rings is 1. The van der Waals surface area contributed by atoms with Gasteiger partial charge in [0.25, 0.3) is 0 Å². The Morgan fingerprint density at radius 2 is 1.02 bits per heavy atom. The molecule has 0 saturated carbocycles. The molecule has 9 aromatic rings. The SMILES string of the molecule is c1ccc(-c2ccc3c(c2)c2ccccc2c2nc(-c4cccc(-c5cccc6c5sc5ccccc56)c4)ccc32)cc1. The molecule has 1 nitrogen and oxygen atoms in total. The first-order chi connectivity index (χ1) is 21.3. The van der Waals surface area contributed by atoms with E-state index in [0.29, 0.717) is 0 Å².